The Labute approximate surface area is 109 Å². The third-order valence-electron chi connectivity index (χ3n) is 2.66. The first kappa shape index (κ1) is 14.8. The zero-order valence-electron chi connectivity index (χ0n) is 11.6. The molecule has 0 fully saturated rings. The Morgan fingerprint density at radius 2 is 2.06 bits per heavy atom. The lowest BCUT2D eigenvalue weighted by Crippen LogP contribution is -2.37. The van der Waals surface area contributed by atoms with E-state index in [0.29, 0.717) is 18.9 Å². The molecule has 0 saturated heterocycles. The zero-order chi connectivity index (χ0) is 13.6. The van der Waals surface area contributed by atoms with Gasteiger partial charge in [0.1, 0.15) is 0 Å². The highest BCUT2D eigenvalue weighted by Crippen LogP contribution is 2.26. The average Bonchev–Trinajstić information content (AvgIpc) is 2.29. The Morgan fingerprint density at radius 3 is 2.61 bits per heavy atom. The minimum Gasteiger partial charge on any atom is -0.504 e. The van der Waals surface area contributed by atoms with E-state index in [1.54, 1.807) is 12.1 Å². The number of phenolic OH excluding ortho intramolecular Hbond substituents is 1. The quantitative estimate of drug-likeness (QED) is 0.783. The van der Waals surface area contributed by atoms with Crippen LogP contribution < -0.4 is 10.1 Å². The van der Waals surface area contributed by atoms with Crippen molar-refractivity contribution in [3.8, 4) is 11.5 Å². The van der Waals surface area contributed by atoms with Gasteiger partial charge in [0.25, 0.3) is 0 Å². The highest BCUT2D eigenvalue weighted by atomic mass is 16.5. The Kier molecular flexibility index (Phi) is 5.44. The molecule has 0 aliphatic heterocycles. The smallest absolute Gasteiger partial charge is 0.160 e. The summed E-state index contributed by atoms with van der Waals surface area (Å²) in [6.45, 7) is 8.24. The lowest BCUT2D eigenvalue weighted by Gasteiger charge is -2.25. The molecular formula is C14H23NO3. The van der Waals surface area contributed by atoms with Gasteiger partial charge in [-0.1, -0.05) is 6.07 Å². The maximum absolute atomic E-state index is 9.66. The van der Waals surface area contributed by atoms with Crippen molar-refractivity contribution >= 4 is 0 Å². The molecule has 1 aromatic rings. The van der Waals surface area contributed by atoms with Gasteiger partial charge in [-0.25, -0.2) is 0 Å². The van der Waals surface area contributed by atoms with Gasteiger partial charge in [-0.05, 0) is 38.5 Å². The minimum atomic E-state index is -0.177. The van der Waals surface area contributed by atoms with E-state index in [4.69, 9.17) is 9.47 Å². The molecule has 0 heterocycles. The van der Waals surface area contributed by atoms with Crippen LogP contribution in [0.5, 0.6) is 11.5 Å². The lowest BCUT2D eigenvalue weighted by molar-refractivity contribution is -0.00897. The Morgan fingerprint density at radius 1 is 1.33 bits per heavy atom. The van der Waals surface area contributed by atoms with Gasteiger partial charge < -0.3 is 19.9 Å². The molecule has 102 valence electrons. The Hall–Kier alpha value is -1.26. The summed E-state index contributed by atoms with van der Waals surface area (Å²) < 4.78 is 10.6. The van der Waals surface area contributed by atoms with Gasteiger partial charge in [-0.15, -0.1) is 0 Å². The predicted octanol–water partition coefficient (Wildman–Crippen LogP) is 2.31. The molecule has 0 aromatic heterocycles. The standard InChI is InChI=1S/C14H23NO3/c1-5-18-14(2,3)10-15-9-11-6-7-13(17-4)12(16)8-11/h6-8,15-16H,5,9-10H2,1-4H3. The molecule has 0 aliphatic rings. The first-order chi connectivity index (χ1) is 8.48. The molecule has 0 amide bonds. The van der Waals surface area contributed by atoms with Crippen LogP contribution >= 0.6 is 0 Å². The average molecular weight is 253 g/mol. The highest BCUT2D eigenvalue weighted by molar-refractivity contribution is 5.41. The molecular weight excluding hydrogens is 230 g/mol. The second kappa shape index (κ2) is 6.61. The van der Waals surface area contributed by atoms with E-state index in [1.165, 1.54) is 7.11 Å². The monoisotopic (exact) mass is 253 g/mol. The molecule has 0 radical (unpaired) electrons. The molecule has 0 saturated carbocycles. The van der Waals surface area contributed by atoms with Crippen LogP contribution in [0.2, 0.25) is 0 Å². The summed E-state index contributed by atoms with van der Waals surface area (Å²) in [4.78, 5) is 0. The number of nitrogens with one attached hydrogen (secondary N) is 1. The maximum atomic E-state index is 9.66. The van der Waals surface area contributed by atoms with Gasteiger partial charge in [-0.3, -0.25) is 0 Å². The van der Waals surface area contributed by atoms with Crippen molar-refractivity contribution in [1.29, 1.82) is 0 Å². The van der Waals surface area contributed by atoms with E-state index >= 15 is 0 Å². The van der Waals surface area contributed by atoms with E-state index in [9.17, 15) is 5.11 Å². The van der Waals surface area contributed by atoms with Crippen LogP contribution in [0, 0.1) is 0 Å². The highest BCUT2D eigenvalue weighted by Gasteiger charge is 2.16. The van der Waals surface area contributed by atoms with Crippen LogP contribution in [0.4, 0.5) is 0 Å². The minimum absolute atomic E-state index is 0.167. The Bertz CT molecular complexity index is 377. The van der Waals surface area contributed by atoms with E-state index in [0.717, 1.165) is 12.1 Å². The number of phenols is 1. The number of benzene rings is 1. The molecule has 18 heavy (non-hydrogen) atoms. The number of rotatable bonds is 7. The van der Waals surface area contributed by atoms with Gasteiger partial charge in [-0.2, -0.15) is 0 Å². The summed E-state index contributed by atoms with van der Waals surface area (Å²) in [6, 6.07) is 5.40. The molecule has 0 atom stereocenters. The maximum Gasteiger partial charge on any atom is 0.160 e. The zero-order valence-corrected chi connectivity index (χ0v) is 11.6. The lowest BCUT2D eigenvalue weighted by atomic mass is 10.1. The predicted molar refractivity (Wildman–Crippen MR) is 72.1 cm³/mol. The molecule has 0 bridgehead atoms. The molecule has 0 unspecified atom stereocenters. The Balaban J connectivity index is 2.47. The fourth-order valence-corrected chi connectivity index (χ4v) is 1.80. The second-order valence-corrected chi connectivity index (χ2v) is 4.80. The summed E-state index contributed by atoms with van der Waals surface area (Å²) >= 11 is 0. The molecule has 4 heteroatoms. The van der Waals surface area contributed by atoms with Crippen LogP contribution in [0.1, 0.15) is 26.3 Å². The summed E-state index contributed by atoms with van der Waals surface area (Å²) in [6.07, 6.45) is 0. The number of hydrogen-bond donors (Lipinski definition) is 2. The molecule has 1 rings (SSSR count). The molecule has 4 nitrogen and oxygen atoms in total. The van der Waals surface area contributed by atoms with Gasteiger partial charge >= 0.3 is 0 Å². The largest absolute Gasteiger partial charge is 0.504 e. The third-order valence-corrected chi connectivity index (χ3v) is 2.66. The normalized spacial score (nSPS) is 11.6. The fourth-order valence-electron chi connectivity index (χ4n) is 1.80. The summed E-state index contributed by atoms with van der Waals surface area (Å²) in [7, 11) is 1.54. The number of hydrogen-bond acceptors (Lipinski definition) is 4. The van der Waals surface area contributed by atoms with Crippen molar-refractivity contribution in [1.82, 2.24) is 5.32 Å². The van der Waals surface area contributed by atoms with Gasteiger partial charge in [0.15, 0.2) is 11.5 Å². The van der Waals surface area contributed by atoms with Crippen molar-refractivity contribution in [2.45, 2.75) is 32.9 Å². The van der Waals surface area contributed by atoms with E-state index in [2.05, 4.69) is 19.2 Å². The van der Waals surface area contributed by atoms with Crippen LogP contribution in [0.3, 0.4) is 0 Å². The van der Waals surface area contributed by atoms with E-state index in [1.807, 2.05) is 13.0 Å². The van der Waals surface area contributed by atoms with Gasteiger partial charge in [0.2, 0.25) is 0 Å². The summed E-state index contributed by atoms with van der Waals surface area (Å²) in [5.74, 6) is 0.661. The van der Waals surface area contributed by atoms with E-state index < -0.39 is 0 Å². The third kappa shape index (κ3) is 4.55. The van der Waals surface area contributed by atoms with Crippen LogP contribution in [0.25, 0.3) is 0 Å². The van der Waals surface area contributed by atoms with Crippen molar-refractivity contribution < 1.29 is 14.6 Å². The van der Waals surface area contributed by atoms with Crippen LogP contribution in [0.15, 0.2) is 18.2 Å². The number of methoxy groups -OCH3 is 1. The molecule has 0 spiro atoms. The van der Waals surface area contributed by atoms with Gasteiger partial charge in [0.05, 0.1) is 12.7 Å². The van der Waals surface area contributed by atoms with Crippen LogP contribution in [-0.2, 0) is 11.3 Å². The molecule has 2 N–H and O–H groups in total. The molecule has 0 aliphatic carbocycles. The fraction of sp³-hybridized carbons (Fsp3) is 0.571. The van der Waals surface area contributed by atoms with Gasteiger partial charge in [0, 0.05) is 19.7 Å². The SMILES string of the molecule is CCOC(C)(C)CNCc1ccc(OC)c(O)c1. The summed E-state index contributed by atoms with van der Waals surface area (Å²) in [5, 5.41) is 13.0. The van der Waals surface area contributed by atoms with Crippen molar-refractivity contribution in [2.75, 3.05) is 20.3 Å². The van der Waals surface area contributed by atoms with Crippen molar-refractivity contribution in [3.05, 3.63) is 23.8 Å². The number of aromatic hydroxyl groups is 1. The number of ether oxygens (including phenoxy) is 2. The summed E-state index contributed by atoms with van der Waals surface area (Å²) in [5.41, 5.74) is 0.837. The molecule has 1 aromatic carbocycles. The van der Waals surface area contributed by atoms with E-state index in [-0.39, 0.29) is 11.4 Å². The first-order valence-corrected chi connectivity index (χ1v) is 6.19. The van der Waals surface area contributed by atoms with Crippen molar-refractivity contribution in [3.63, 3.8) is 0 Å². The second-order valence-electron chi connectivity index (χ2n) is 4.80. The van der Waals surface area contributed by atoms with Crippen molar-refractivity contribution in [2.24, 2.45) is 0 Å². The van der Waals surface area contributed by atoms with Crippen LogP contribution in [-0.4, -0.2) is 31.0 Å². The topological polar surface area (TPSA) is 50.7 Å². The first-order valence-electron chi connectivity index (χ1n) is 6.19.